The third kappa shape index (κ3) is 3.13. The molecule has 30 heavy (non-hydrogen) atoms. The molecule has 0 bridgehead atoms. The molecular weight excluding hydrogens is 423 g/mol. The van der Waals surface area contributed by atoms with Crippen LogP contribution in [0.25, 0.3) is 0 Å². The fourth-order valence-electron chi connectivity index (χ4n) is 7.29. The Balaban J connectivity index is 1.64. The van der Waals surface area contributed by atoms with Gasteiger partial charge in [-0.25, -0.2) is 4.79 Å². The Bertz CT molecular complexity index is 859. The molecule has 0 aromatic heterocycles. The number of carbonyl (C=O) groups is 2. The fourth-order valence-corrected chi connectivity index (χ4v) is 7.61. The first-order valence-electron chi connectivity index (χ1n) is 10.8. The van der Waals surface area contributed by atoms with Crippen LogP contribution >= 0.6 is 23.2 Å². The Hall–Kier alpha value is -1.10. The molecule has 0 aliphatic heterocycles. The van der Waals surface area contributed by atoms with Crippen LogP contribution in [0.1, 0.15) is 58.3 Å². The minimum absolute atomic E-state index is 0.192. The first kappa shape index (κ1) is 22.1. The number of halogens is 2. The number of hydrogen-bond donors (Lipinski definition) is 2. The largest absolute Gasteiger partial charge is 0.479 e. The number of carboxylic acids is 1. The number of rotatable bonds is 4. The van der Waals surface area contributed by atoms with Gasteiger partial charge in [-0.2, -0.15) is 0 Å². The van der Waals surface area contributed by atoms with E-state index in [0.29, 0.717) is 48.5 Å². The van der Waals surface area contributed by atoms with E-state index in [0.717, 1.165) is 31.3 Å². The zero-order valence-electron chi connectivity index (χ0n) is 17.4. The van der Waals surface area contributed by atoms with Crippen LogP contribution in [0.15, 0.2) is 36.0 Å². The summed E-state index contributed by atoms with van der Waals surface area (Å²) in [5.74, 6) is 0.346. The van der Waals surface area contributed by atoms with Crippen LogP contribution in [0.3, 0.4) is 0 Å². The van der Waals surface area contributed by atoms with E-state index >= 15 is 0 Å². The molecule has 0 heterocycles. The van der Waals surface area contributed by atoms with Gasteiger partial charge < -0.3 is 10.2 Å². The van der Waals surface area contributed by atoms with Gasteiger partial charge in [0.2, 0.25) is 4.33 Å². The third-order valence-corrected chi connectivity index (χ3v) is 9.27. The first-order valence-corrected chi connectivity index (χ1v) is 11.6. The SMILES string of the molecule is C=C1C[C@@]2(C)[C@@H](CC[C@@]2(O)C(=C)CC(Cl)(Cl)C(=O)O)[C@@H]2CCC3=CC(=O)CC[C@@H]3[C@@H]12. The van der Waals surface area contributed by atoms with Gasteiger partial charge >= 0.3 is 5.97 Å². The molecule has 3 fully saturated rings. The summed E-state index contributed by atoms with van der Waals surface area (Å²) in [6.07, 6.45) is 7.15. The van der Waals surface area contributed by atoms with E-state index in [1.807, 2.05) is 6.08 Å². The van der Waals surface area contributed by atoms with Crippen molar-refractivity contribution >= 4 is 35.0 Å². The number of carboxylic acid groups (broad SMARTS) is 1. The number of fused-ring (bicyclic) bond motifs is 5. The standard InChI is InChI=1S/C24H30Cl2O4/c1-13-11-22(3)19(8-9-23(22,30)14(2)12-24(25,26)21(28)29)18-6-4-15-10-16(27)5-7-17(15)20(13)18/h10,17-20,30H,1-2,4-9,11-12H2,3H3,(H,28,29)/t17-,18-,19-,20+,22-,23+/m0/s1. The molecule has 0 aromatic rings. The molecule has 0 aromatic carbocycles. The van der Waals surface area contributed by atoms with E-state index in [2.05, 4.69) is 20.1 Å². The predicted octanol–water partition coefficient (Wildman–Crippen LogP) is 5.23. The molecule has 6 heteroatoms. The molecule has 2 N–H and O–H groups in total. The highest BCUT2D eigenvalue weighted by Crippen LogP contribution is 2.67. The molecule has 0 amide bonds. The number of allylic oxidation sites excluding steroid dienone is 2. The monoisotopic (exact) mass is 452 g/mol. The molecule has 4 aliphatic rings. The lowest BCUT2D eigenvalue weighted by atomic mass is 9.48. The van der Waals surface area contributed by atoms with Crippen molar-refractivity contribution in [3.63, 3.8) is 0 Å². The smallest absolute Gasteiger partial charge is 0.340 e. The lowest BCUT2D eigenvalue weighted by Gasteiger charge is -2.57. The Morgan fingerprint density at radius 3 is 2.67 bits per heavy atom. The summed E-state index contributed by atoms with van der Waals surface area (Å²) in [4.78, 5) is 23.3. The van der Waals surface area contributed by atoms with Gasteiger partial charge in [-0.3, -0.25) is 4.79 Å². The summed E-state index contributed by atoms with van der Waals surface area (Å²) in [5, 5.41) is 21.1. The molecular formula is C24H30Cl2O4. The maximum absolute atomic E-state index is 11.9. The van der Waals surface area contributed by atoms with Gasteiger partial charge in [0.1, 0.15) is 0 Å². The number of alkyl halides is 2. The molecule has 4 aliphatic carbocycles. The molecule has 3 saturated carbocycles. The van der Waals surface area contributed by atoms with Gasteiger partial charge in [0.15, 0.2) is 5.78 Å². The Morgan fingerprint density at radius 1 is 1.30 bits per heavy atom. The summed E-state index contributed by atoms with van der Waals surface area (Å²) in [6.45, 7) is 10.6. The second-order valence-corrected chi connectivity index (χ2v) is 11.6. The molecule has 0 unspecified atom stereocenters. The van der Waals surface area contributed by atoms with Crippen LogP contribution in [0.5, 0.6) is 0 Å². The summed E-state index contributed by atoms with van der Waals surface area (Å²) in [7, 11) is 0. The van der Waals surface area contributed by atoms with Crippen molar-refractivity contribution in [2.24, 2.45) is 29.1 Å². The third-order valence-electron chi connectivity index (χ3n) is 8.68. The molecule has 0 radical (unpaired) electrons. The van der Waals surface area contributed by atoms with E-state index in [1.54, 1.807) is 0 Å². The second kappa shape index (κ2) is 7.21. The number of aliphatic carboxylic acids is 1. The molecule has 164 valence electrons. The van der Waals surface area contributed by atoms with Crippen molar-refractivity contribution in [1.29, 1.82) is 0 Å². The van der Waals surface area contributed by atoms with Gasteiger partial charge in [-0.05, 0) is 73.8 Å². The number of aliphatic hydroxyl groups is 1. The van der Waals surface area contributed by atoms with Crippen molar-refractivity contribution in [3.05, 3.63) is 36.0 Å². The van der Waals surface area contributed by atoms with Crippen LogP contribution in [0.4, 0.5) is 0 Å². The van der Waals surface area contributed by atoms with E-state index in [-0.39, 0.29) is 12.2 Å². The van der Waals surface area contributed by atoms with Crippen molar-refractivity contribution < 1.29 is 19.8 Å². The van der Waals surface area contributed by atoms with E-state index in [9.17, 15) is 19.8 Å². The highest BCUT2D eigenvalue weighted by atomic mass is 35.5. The molecule has 0 saturated heterocycles. The summed E-state index contributed by atoms with van der Waals surface area (Å²) >= 11 is 12.0. The van der Waals surface area contributed by atoms with Gasteiger partial charge in [0.25, 0.3) is 0 Å². The normalized spacial score (nSPS) is 40.9. The van der Waals surface area contributed by atoms with Gasteiger partial charge in [0, 0.05) is 18.3 Å². The summed E-state index contributed by atoms with van der Waals surface area (Å²) in [5.41, 5.74) is 1.11. The molecule has 0 spiro atoms. The van der Waals surface area contributed by atoms with Gasteiger partial charge in [-0.15, -0.1) is 0 Å². The lowest BCUT2D eigenvalue weighted by Crippen LogP contribution is -2.54. The zero-order chi connectivity index (χ0) is 22.1. The minimum atomic E-state index is -2.01. The number of carbonyl (C=O) groups excluding carboxylic acids is 1. The molecule has 6 atom stereocenters. The molecule has 4 rings (SSSR count). The van der Waals surface area contributed by atoms with E-state index in [1.165, 1.54) is 5.57 Å². The number of ketones is 1. The van der Waals surface area contributed by atoms with Gasteiger partial charge in [0.05, 0.1) is 5.60 Å². The Morgan fingerprint density at radius 2 is 2.00 bits per heavy atom. The summed E-state index contributed by atoms with van der Waals surface area (Å²) < 4.78 is -2.01. The zero-order valence-corrected chi connectivity index (χ0v) is 18.9. The van der Waals surface area contributed by atoms with Crippen molar-refractivity contribution in [1.82, 2.24) is 0 Å². The average Bonchev–Trinajstić information content (AvgIpc) is 2.92. The topological polar surface area (TPSA) is 74.6 Å². The Labute approximate surface area is 188 Å². The van der Waals surface area contributed by atoms with Crippen molar-refractivity contribution in [2.45, 2.75) is 68.2 Å². The predicted molar refractivity (Wildman–Crippen MR) is 117 cm³/mol. The highest BCUT2D eigenvalue weighted by Gasteiger charge is 2.64. The maximum atomic E-state index is 11.9. The Kier molecular flexibility index (Phi) is 5.32. The minimum Gasteiger partial charge on any atom is -0.479 e. The van der Waals surface area contributed by atoms with E-state index < -0.39 is 21.3 Å². The first-order chi connectivity index (χ1) is 13.9. The average molecular weight is 453 g/mol. The van der Waals surface area contributed by atoms with Crippen LogP contribution in [-0.2, 0) is 9.59 Å². The highest BCUT2D eigenvalue weighted by molar-refractivity contribution is 6.57. The number of hydrogen-bond acceptors (Lipinski definition) is 3. The maximum Gasteiger partial charge on any atom is 0.340 e. The van der Waals surface area contributed by atoms with Gasteiger partial charge in [-0.1, -0.05) is 54.4 Å². The van der Waals surface area contributed by atoms with Crippen molar-refractivity contribution in [3.8, 4) is 0 Å². The van der Waals surface area contributed by atoms with Crippen LogP contribution < -0.4 is 0 Å². The van der Waals surface area contributed by atoms with Crippen LogP contribution in [-0.4, -0.2) is 31.9 Å². The second-order valence-electron chi connectivity index (χ2n) is 10.1. The summed E-state index contributed by atoms with van der Waals surface area (Å²) in [6, 6.07) is 0. The van der Waals surface area contributed by atoms with Crippen LogP contribution in [0, 0.1) is 29.1 Å². The lowest BCUT2D eigenvalue weighted by molar-refractivity contribution is -0.138. The quantitative estimate of drug-likeness (QED) is 0.452. The van der Waals surface area contributed by atoms with E-state index in [4.69, 9.17) is 23.2 Å². The van der Waals surface area contributed by atoms with Crippen LogP contribution in [0.2, 0.25) is 0 Å². The fraction of sp³-hybridized carbons (Fsp3) is 0.667. The van der Waals surface area contributed by atoms with Crippen molar-refractivity contribution in [2.75, 3.05) is 0 Å². The molecule has 4 nitrogen and oxygen atoms in total.